The van der Waals surface area contributed by atoms with Crippen molar-refractivity contribution in [3.05, 3.63) is 0 Å². The minimum absolute atomic E-state index is 0.240. The molecule has 0 amide bonds. The molecule has 1 unspecified atom stereocenters. The summed E-state index contributed by atoms with van der Waals surface area (Å²) in [5.74, 6) is 0. The van der Waals surface area contributed by atoms with E-state index in [4.69, 9.17) is 0 Å². The third-order valence-electron chi connectivity index (χ3n) is 0.587. The monoisotopic (exact) mass is 191 g/mol. The first kappa shape index (κ1) is 8.23. The quantitative estimate of drug-likeness (QED) is 0.622. The third kappa shape index (κ3) is 2.52. The van der Waals surface area contributed by atoms with Gasteiger partial charge in [0.2, 0.25) is 0 Å². The number of nitrogens with two attached hydrogens (primary N) is 1. The molecule has 0 aliphatic carbocycles. The van der Waals surface area contributed by atoms with Gasteiger partial charge in [-0.3, -0.25) is 0 Å². The van der Waals surface area contributed by atoms with Crippen molar-refractivity contribution in [1.82, 2.24) is 0 Å². The second-order valence-electron chi connectivity index (χ2n) is 1.30. The predicted octanol–water partition coefficient (Wildman–Crippen LogP) is 1.27. The molecule has 2 N–H and O–H groups in total. The van der Waals surface area contributed by atoms with Crippen molar-refractivity contribution >= 4 is 15.9 Å². The van der Waals surface area contributed by atoms with Crippen LogP contribution in [0.25, 0.3) is 0 Å². The van der Waals surface area contributed by atoms with Crippen LogP contribution in [0.2, 0.25) is 0 Å². The predicted molar refractivity (Wildman–Crippen MR) is 27.8 cm³/mol. The van der Waals surface area contributed by atoms with Crippen LogP contribution in [0.15, 0.2) is 0 Å². The second-order valence-corrected chi connectivity index (χ2v) is 1.95. The fraction of sp³-hybridized carbons (Fsp3) is 1.00. The molecule has 0 aliphatic heterocycles. The summed E-state index contributed by atoms with van der Waals surface area (Å²) in [7, 11) is 0. The maximum absolute atomic E-state index is 11.3. The highest BCUT2D eigenvalue weighted by atomic mass is 79.9. The Labute approximate surface area is 53.2 Å². The first-order chi connectivity index (χ1) is 3.48. The summed E-state index contributed by atoms with van der Waals surface area (Å²) < 4.78 is 33.9. The summed E-state index contributed by atoms with van der Waals surface area (Å²) in [5, 5.41) is -0.240. The lowest BCUT2D eigenvalue weighted by Crippen LogP contribution is -2.38. The van der Waals surface area contributed by atoms with Gasteiger partial charge >= 0.3 is 6.18 Å². The van der Waals surface area contributed by atoms with Gasteiger partial charge < -0.3 is 5.73 Å². The Hall–Kier alpha value is 0.230. The van der Waals surface area contributed by atoms with Crippen LogP contribution in [0.5, 0.6) is 0 Å². The van der Waals surface area contributed by atoms with E-state index in [0.29, 0.717) is 0 Å². The number of alkyl halides is 4. The molecule has 0 radical (unpaired) electrons. The highest BCUT2D eigenvalue weighted by Crippen LogP contribution is 2.19. The zero-order valence-corrected chi connectivity index (χ0v) is 5.46. The third-order valence-corrected chi connectivity index (χ3v) is 1.28. The molecule has 5 heteroatoms. The van der Waals surface area contributed by atoms with Gasteiger partial charge in [0.05, 0.1) is 0 Å². The molecule has 0 fully saturated rings. The van der Waals surface area contributed by atoms with Gasteiger partial charge in [-0.05, 0) is 0 Å². The summed E-state index contributed by atoms with van der Waals surface area (Å²) >= 11 is 2.61. The minimum Gasteiger partial charge on any atom is -0.319 e. The van der Waals surface area contributed by atoms with E-state index in [1.165, 1.54) is 0 Å². The minimum atomic E-state index is -4.26. The van der Waals surface area contributed by atoms with Crippen LogP contribution in [0.3, 0.4) is 0 Å². The van der Waals surface area contributed by atoms with E-state index in [1.54, 1.807) is 0 Å². The van der Waals surface area contributed by atoms with Crippen molar-refractivity contribution in [2.45, 2.75) is 12.2 Å². The summed E-state index contributed by atoms with van der Waals surface area (Å²) in [6.07, 6.45) is -4.26. The Balaban J connectivity index is 3.62. The van der Waals surface area contributed by atoms with E-state index in [2.05, 4.69) is 21.7 Å². The van der Waals surface area contributed by atoms with Gasteiger partial charge in [-0.15, -0.1) is 0 Å². The first-order valence-corrected chi connectivity index (χ1v) is 2.99. The van der Waals surface area contributed by atoms with Crippen molar-refractivity contribution in [2.24, 2.45) is 5.73 Å². The maximum atomic E-state index is 11.3. The van der Waals surface area contributed by atoms with E-state index in [1.807, 2.05) is 0 Å². The van der Waals surface area contributed by atoms with E-state index < -0.39 is 12.2 Å². The van der Waals surface area contributed by atoms with E-state index >= 15 is 0 Å². The summed E-state index contributed by atoms with van der Waals surface area (Å²) in [6, 6.07) is -1.73. The number of hydrogen-bond donors (Lipinski definition) is 1. The lowest BCUT2D eigenvalue weighted by atomic mass is 10.4. The molecule has 0 aromatic rings. The van der Waals surface area contributed by atoms with Crippen LogP contribution in [0.1, 0.15) is 0 Å². The SMILES string of the molecule is NC(CBr)C(F)(F)F. The van der Waals surface area contributed by atoms with E-state index in [9.17, 15) is 13.2 Å². The molecular formula is C3H5BrF3N. The van der Waals surface area contributed by atoms with Gasteiger partial charge in [0.25, 0.3) is 0 Å². The van der Waals surface area contributed by atoms with E-state index in [0.717, 1.165) is 0 Å². The van der Waals surface area contributed by atoms with Gasteiger partial charge in [0, 0.05) is 5.33 Å². The van der Waals surface area contributed by atoms with Crippen molar-refractivity contribution in [3.8, 4) is 0 Å². The smallest absolute Gasteiger partial charge is 0.319 e. The van der Waals surface area contributed by atoms with Gasteiger partial charge in [-0.25, -0.2) is 0 Å². The Morgan fingerprint density at radius 3 is 1.88 bits per heavy atom. The Bertz CT molecular complexity index is 71.4. The summed E-state index contributed by atoms with van der Waals surface area (Å²) in [6.45, 7) is 0. The molecule has 1 atom stereocenters. The fourth-order valence-electron chi connectivity index (χ4n) is 0.0875. The fourth-order valence-corrected chi connectivity index (χ4v) is 0.455. The Kier molecular flexibility index (Phi) is 2.76. The molecule has 50 valence electrons. The highest BCUT2D eigenvalue weighted by Gasteiger charge is 2.35. The normalized spacial score (nSPS) is 16.1. The molecule has 0 saturated heterocycles. The molecule has 1 nitrogen and oxygen atoms in total. The standard InChI is InChI=1S/C3H5BrF3N/c4-1-2(8)3(5,6)7/h2H,1,8H2. The number of rotatable bonds is 1. The zero-order chi connectivity index (χ0) is 6.78. The molecule has 0 aromatic heterocycles. The van der Waals surface area contributed by atoms with Crippen molar-refractivity contribution < 1.29 is 13.2 Å². The van der Waals surface area contributed by atoms with E-state index in [-0.39, 0.29) is 5.33 Å². The molecule has 0 aromatic carbocycles. The van der Waals surface area contributed by atoms with Gasteiger partial charge in [-0.1, -0.05) is 15.9 Å². The zero-order valence-electron chi connectivity index (χ0n) is 3.87. The summed E-state index contributed by atoms with van der Waals surface area (Å²) in [5.41, 5.74) is 4.58. The molecule has 0 bridgehead atoms. The Morgan fingerprint density at radius 2 is 1.88 bits per heavy atom. The lowest BCUT2D eigenvalue weighted by molar-refractivity contribution is -0.142. The van der Waals surface area contributed by atoms with Crippen LogP contribution in [-0.2, 0) is 0 Å². The molecule has 0 rings (SSSR count). The number of hydrogen-bond acceptors (Lipinski definition) is 1. The van der Waals surface area contributed by atoms with Crippen molar-refractivity contribution in [1.29, 1.82) is 0 Å². The van der Waals surface area contributed by atoms with Gasteiger partial charge in [0.1, 0.15) is 6.04 Å². The van der Waals surface area contributed by atoms with Crippen LogP contribution >= 0.6 is 15.9 Å². The van der Waals surface area contributed by atoms with Crippen LogP contribution in [0.4, 0.5) is 13.2 Å². The molecule has 0 heterocycles. The molecule has 0 spiro atoms. The van der Waals surface area contributed by atoms with Crippen LogP contribution in [0, 0.1) is 0 Å². The van der Waals surface area contributed by atoms with Crippen LogP contribution < -0.4 is 5.73 Å². The van der Waals surface area contributed by atoms with Gasteiger partial charge in [0.15, 0.2) is 0 Å². The average molecular weight is 192 g/mol. The highest BCUT2D eigenvalue weighted by molar-refractivity contribution is 9.09. The summed E-state index contributed by atoms with van der Waals surface area (Å²) in [4.78, 5) is 0. The average Bonchev–Trinajstić information content (AvgIpc) is 1.62. The molecular weight excluding hydrogens is 187 g/mol. The Morgan fingerprint density at radius 1 is 1.50 bits per heavy atom. The van der Waals surface area contributed by atoms with Crippen LogP contribution in [-0.4, -0.2) is 17.5 Å². The van der Waals surface area contributed by atoms with Crippen molar-refractivity contribution in [3.63, 3.8) is 0 Å². The largest absolute Gasteiger partial charge is 0.404 e. The first-order valence-electron chi connectivity index (χ1n) is 1.86. The topological polar surface area (TPSA) is 26.0 Å². The maximum Gasteiger partial charge on any atom is 0.404 e. The second kappa shape index (κ2) is 2.68. The molecule has 0 saturated carbocycles. The number of halogens is 4. The van der Waals surface area contributed by atoms with Crippen molar-refractivity contribution in [2.75, 3.05) is 5.33 Å². The molecule has 0 aliphatic rings. The molecule has 8 heavy (non-hydrogen) atoms. The van der Waals surface area contributed by atoms with Gasteiger partial charge in [-0.2, -0.15) is 13.2 Å². The lowest BCUT2D eigenvalue weighted by Gasteiger charge is -2.10.